The third-order valence-corrected chi connectivity index (χ3v) is 5.88. The zero-order valence-corrected chi connectivity index (χ0v) is 12.0. The molecule has 0 N–H and O–H groups in total. The molecular formula is C15H20ClNO. The summed E-state index contributed by atoms with van der Waals surface area (Å²) in [7, 11) is 0. The number of fused-ring (bicyclic) bond motifs is 2. The number of halogens is 1. The van der Waals surface area contributed by atoms with E-state index in [-0.39, 0.29) is 11.5 Å². The SMILES string of the molecule is CC1(C)C2CCC1(C)C(Oc1cccc(Cl)n1)C2. The van der Waals surface area contributed by atoms with Gasteiger partial charge >= 0.3 is 0 Å². The lowest BCUT2D eigenvalue weighted by Crippen LogP contribution is -2.39. The summed E-state index contributed by atoms with van der Waals surface area (Å²) in [6.07, 6.45) is 4.03. The van der Waals surface area contributed by atoms with Crippen molar-refractivity contribution in [2.75, 3.05) is 0 Å². The molecule has 1 heterocycles. The van der Waals surface area contributed by atoms with Crippen molar-refractivity contribution in [1.29, 1.82) is 0 Å². The van der Waals surface area contributed by atoms with Crippen LogP contribution in [0.15, 0.2) is 18.2 Å². The van der Waals surface area contributed by atoms with Crippen LogP contribution in [0.3, 0.4) is 0 Å². The molecule has 2 fully saturated rings. The topological polar surface area (TPSA) is 22.1 Å². The van der Waals surface area contributed by atoms with Crippen molar-refractivity contribution in [3.05, 3.63) is 23.4 Å². The van der Waals surface area contributed by atoms with Crippen molar-refractivity contribution in [3.63, 3.8) is 0 Å². The van der Waals surface area contributed by atoms with Gasteiger partial charge in [0.25, 0.3) is 0 Å². The fraction of sp³-hybridized carbons (Fsp3) is 0.667. The van der Waals surface area contributed by atoms with Crippen molar-refractivity contribution in [3.8, 4) is 5.88 Å². The largest absolute Gasteiger partial charge is 0.474 e. The Bertz CT molecular complexity index is 473. The van der Waals surface area contributed by atoms with Gasteiger partial charge in [-0.2, -0.15) is 0 Å². The summed E-state index contributed by atoms with van der Waals surface area (Å²) >= 11 is 5.91. The van der Waals surface area contributed by atoms with Crippen LogP contribution < -0.4 is 4.74 Å². The summed E-state index contributed by atoms with van der Waals surface area (Å²) in [5.41, 5.74) is 0.637. The third kappa shape index (κ3) is 1.58. The number of rotatable bonds is 2. The molecule has 2 aliphatic rings. The van der Waals surface area contributed by atoms with Crippen LogP contribution in [0.25, 0.3) is 0 Å². The molecule has 3 unspecified atom stereocenters. The van der Waals surface area contributed by atoms with Gasteiger partial charge in [0.1, 0.15) is 11.3 Å². The zero-order valence-electron chi connectivity index (χ0n) is 11.2. The van der Waals surface area contributed by atoms with Crippen LogP contribution in [-0.2, 0) is 0 Å². The summed E-state index contributed by atoms with van der Waals surface area (Å²) in [5, 5.41) is 0.500. The average Bonchev–Trinajstić information content (AvgIpc) is 2.62. The smallest absolute Gasteiger partial charge is 0.214 e. The first kappa shape index (κ1) is 12.3. The second kappa shape index (κ2) is 3.86. The van der Waals surface area contributed by atoms with E-state index >= 15 is 0 Å². The molecule has 18 heavy (non-hydrogen) atoms. The van der Waals surface area contributed by atoms with Crippen molar-refractivity contribution in [1.82, 2.24) is 4.98 Å². The molecule has 98 valence electrons. The molecule has 2 saturated carbocycles. The minimum Gasteiger partial charge on any atom is -0.474 e. The first-order valence-electron chi connectivity index (χ1n) is 6.73. The Kier molecular flexibility index (Phi) is 2.64. The highest BCUT2D eigenvalue weighted by Gasteiger charge is 2.62. The van der Waals surface area contributed by atoms with E-state index in [1.54, 1.807) is 6.07 Å². The number of hydrogen-bond acceptors (Lipinski definition) is 2. The predicted octanol–water partition coefficient (Wildman–Crippen LogP) is 4.33. The van der Waals surface area contributed by atoms with E-state index in [0.29, 0.717) is 16.4 Å². The Morgan fingerprint density at radius 3 is 2.67 bits per heavy atom. The van der Waals surface area contributed by atoms with Gasteiger partial charge in [0.15, 0.2) is 0 Å². The quantitative estimate of drug-likeness (QED) is 0.743. The second-order valence-corrected chi connectivity index (χ2v) is 6.90. The summed E-state index contributed by atoms with van der Waals surface area (Å²) in [5.74, 6) is 1.45. The van der Waals surface area contributed by atoms with E-state index in [9.17, 15) is 0 Å². The molecule has 2 nitrogen and oxygen atoms in total. The molecule has 2 bridgehead atoms. The van der Waals surface area contributed by atoms with Crippen molar-refractivity contribution < 1.29 is 4.74 Å². The Balaban J connectivity index is 1.84. The summed E-state index contributed by atoms with van der Waals surface area (Å²) in [6, 6.07) is 5.57. The predicted molar refractivity (Wildman–Crippen MR) is 72.9 cm³/mol. The maximum absolute atomic E-state index is 6.13. The van der Waals surface area contributed by atoms with Gasteiger partial charge in [-0.1, -0.05) is 38.4 Å². The Morgan fingerprint density at radius 1 is 1.33 bits per heavy atom. The molecule has 0 saturated heterocycles. The number of hydrogen-bond donors (Lipinski definition) is 0. The van der Waals surface area contributed by atoms with E-state index < -0.39 is 0 Å². The van der Waals surface area contributed by atoms with Crippen LogP contribution in [-0.4, -0.2) is 11.1 Å². The molecule has 2 aliphatic carbocycles. The lowest BCUT2D eigenvalue weighted by atomic mass is 9.70. The molecule has 3 heteroatoms. The molecule has 0 radical (unpaired) electrons. The highest BCUT2D eigenvalue weighted by atomic mass is 35.5. The van der Waals surface area contributed by atoms with E-state index in [1.165, 1.54) is 12.8 Å². The van der Waals surface area contributed by atoms with Crippen LogP contribution in [0.1, 0.15) is 40.0 Å². The van der Waals surface area contributed by atoms with Gasteiger partial charge in [-0.15, -0.1) is 0 Å². The van der Waals surface area contributed by atoms with Gasteiger partial charge in [0.05, 0.1) is 0 Å². The van der Waals surface area contributed by atoms with Gasteiger partial charge in [-0.25, -0.2) is 4.98 Å². The molecule has 1 aromatic heterocycles. The molecule has 1 aromatic rings. The standard InChI is InChI=1S/C15H20ClNO/c1-14(2)10-7-8-15(14,3)11(9-10)18-13-6-4-5-12(16)17-13/h4-6,10-11H,7-9H2,1-3H3. The molecule has 0 aliphatic heterocycles. The minimum absolute atomic E-state index is 0.266. The van der Waals surface area contributed by atoms with Gasteiger partial charge in [-0.3, -0.25) is 0 Å². The lowest BCUT2D eigenvalue weighted by molar-refractivity contribution is 0.0273. The highest BCUT2D eigenvalue weighted by Crippen LogP contribution is 2.66. The van der Waals surface area contributed by atoms with Crippen LogP contribution in [0.2, 0.25) is 5.15 Å². The van der Waals surface area contributed by atoms with E-state index in [0.717, 1.165) is 12.3 Å². The van der Waals surface area contributed by atoms with Gasteiger partial charge in [0.2, 0.25) is 5.88 Å². The fourth-order valence-corrected chi connectivity index (χ4v) is 4.07. The number of aromatic nitrogens is 1. The Morgan fingerprint density at radius 2 is 2.11 bits per heavy atom. The molecule has 0 aromatic carbocycles. The molecule has 3 rings (SSSR count). The third-order valence-electron chi connectivity index (χ3n) is 5.67. The van der Waals surface area contributed by atoms with Crippen molar-refractivity contribution >= 4 is 11.6 Å². The lowest BCUT2D eigenvalue weighted by Gasteiger charge is -2.38. The summed E-state index contributed by atoms with van der Waals surface area (Å²) < 4.78 is 6.13. The molecule has 0 amide bonds. The minimum atomic E-state index is 0.266. The van der Waals surface area contributed by atoms with Crippen LogP contribution >= 0.6 is 11.6 Å². The maximum atomic E-state index is 6.13. The summed E-state index contributed by atoms with van der Waals surface area (Å²) in [4.78, 5) is 4.24. The maximum Gasteiger partial charge on any atom is 0.214 e. The first-order valence-corrected chi connectivity index (χ1v) is 7.10. The highest BCUT2D eigenvalue weighted by molar-refractivity contribution is 6.29. The van der Waals surface area contributed by atoms with Gasteiger partial charge < -0.3 is 4.74 Å². The second-order valence-electron chi connectivity index (χ2n) is 6.52. The van der Waals surface area contributed by atoms with Crippen molar-refractivity contribution in [2.45, 2.75) is 46.1 Å². The van der Waals surface area contributed by atoms with Gasteiger partial charge in [-0.05, 0) is 36.7 Å². The summed E-state index contributed by atoms with van der Waals surface area (Å²) in [6.45, 7) is 7.15. The monoisotopic (exact) mass is 265 g/mol. The first-order chi connectivity index (χ1) is 8.43. The number of ether oxygens (including phenoxy) is 1. The number of nitrogens with zero attached hydrogens (tertiary/aromatic N) is 1. The Labute approximate surface area is 114 Å². The van der Waals surface area contributed by atoms with E-state index in [4.69, 9.17) is 16.3 Å². The van der Waals surface area contributed by atoms with E-state index in [1.807, 2.05) is 12.1 Å². The Hall–Kier alpha value is -0.760. The van der Waals surface area contributed by atoms with Crippen LogP contribution in [0, 0.1) is 16.7 Å². The van der Waals surface area contributed by atoms with Gasteiger partial charge in [0, 0.05) is 11.5 Å². The van der Waals surface area contributed by atoms with Crippen LogP contribution in [0.5, 0.6) is 5.88 Å². The van der Waals surface area contributed by atoms with E-state index in [2.05, 4.69) is 25.8 Å². The fourth-order valence-electron chi connectivity index (χ4n) is 3.91. The normalized spacial score (nSPS) is 36.9. The molecule has 0 spiro atoms. The average molecular weight is 266 g/mol. The van der Waals surface area contributed by atoms with Crippen molar-refractivity contribution in [2.24, 2.45) is 16.7 Å². The molecule has 3 atom stereocenters. The van der Waals surface area contributed by atoms with Crippen LogP contribution in [0.4, 0.5) is 0 Å². The molecular weight excluding hydrogens is 246 g/mol. The zero-order chi connectivity index (χ0) is 13.0. The number of pyridine rings is 1.